The largest absolute Gasteiger partial charge is 0.478 e. The molecule has 9 heteroatoms. The van der Waals surface area contributed by atoms with Crippen molar-refractivity contribution < 1.29 is 14.8 Å². The average molecular weight is 277 g/mol. The van der Waals surface area contributed by atoms with Gasteiger partial charge in [-0.1, -0.05) is 5.21 Å². The Labute approximate surface area is 113 Å². The first-order valence-electron chi connectivity index (χ1n) is 5.67. The maximum atomic E-state index is 10.9. The fourth-order valence-electron chi connectivity index (χ4n) is 1.63. The van der Waals surface area contributed by atoms with Gasteiger partial charge in [-0.25, -0.2) is 4.79 Å². The van der Waals surface area contributed by atoms with Crippen LogP contribution in [-0.2, 0) is 6.54 Å². The van der Waals surface area contributed by atoms with Crippen molar-refractivity contribution in [3.8, 4) is 0 Å². The van der Waals surface area contributed by atoms with E-state index in [1.54, 1.807) is 10.9 Å². The molecular formula is C11H11N5O4. The molecule has 1 heterocycles. The predicted octanol–water partition coefficient (Wildman–Crippen LogP) is 0.997. The van der Waals surface area contributed by atoms with Crippen molar-refractivity contribution >= 4 is 17.3 Å². The van der Waals surface area contributed by atoms with Gasteiger partial charge in [-0.15, -0.1) is 5.10 Å². The van der Waals surface area contributed by atoms with Crippen molar-refractivity contribution in [3.63, 3.8) is 0 Å². The van der Waals surface area contributed by atoms with Gasteiger partial charge in [0.05, 0.1) is 23.2 Å². The Bertz CT molecular complexity index is 626. The fourth-order valence-corrected chi connectivity index (χ4v) is 1.63. The van der Waals surface area contributed by atoms with E-state index in [2.05, 4.69) is 15.6 Å². The number of aromatic nitrogens is 3. The van der Waals surface area contributed by atoms with Gasteiger partial charge in [0, 0.05) is 18.8 Å². The highest BCUT2D eigenvalue weighted by Crippen LogP contribution is 2.25. The van der Waals surface area contributed by atoms with E-state index in [0.717, 1.165) is 0 Å². The number of nitro groups is 1. The number of carboxylic acids is 1. The van der Waals surface area contributed by atoms with E-state index in [9.17, 15) is 14.9 Å². The van der Waals surface area contributed by atoms with Crippen LogP contribution in [0.4, 0.5) is 11.4 Å². The summed E-state index contributed by atoms with van der Waals surface area (Å²) in [6.07, 6.45) is 3.18. The number of nitrogens with one attached hydrogen (secondary N) is 1. The molecule has 0 aliphatic heterocycles. The summed E-state index contributed by atoms with van der Waals surface area (Å²) >= 11 is 0. The molecule has 0 amide bonds. The van der Waals surface area contributed by atoms with Crippen molar-refractivity contribution in [2.45, 2.75) is 6.54 Å². The van der Waals surface area contributed by atoms with Crippen LogP contribution < -0.4 is 5.32 Å². The number of hydrogen-bond acceptors (Lipinski definition) is 6. The lowest BCUT2D eigenvalue weighted by molar-refractivity contribution is -0.384. The standard InChI is InChI=1S/C11H11N5O4/c17-11(18)8-1-2-10(16(19)20)9(7-8)12-3-5-15-6-4-13-14-15/h1-2,4,6-7,12H,3,5H2,(H,17,18). The molecule has 20 heavy (non-hydrogen) atoms. The highest BCUT2D eigenvalue weighted by atomic mass is 16.6. The highest BCUT2D eigenvalue weighted by molar-refractivity contribution is 5.90. The maximum Gasteiger partial charge on any atom is 0.335 e. The number of nitro benzene ring substituents is 1. The zero-order chi connectivity index (χ0) is 14.5. The lowest BCUT2D eigenvalue weighted by atomic mass is 10.1. The van der Waals surface area contributed by atoms with Gasteiger partial charge in [0.2, 0.25) is 0 Å². The van der Waals surface area contributed by atoms with Crippen LogP contribution in [0.5, 0.6) is 0 Å². The van der Waals surface area contributed by atoms with Gasteiger partial charge in [0.25, 0.3) is 5.69 Å². The van der Waals surface area contributed by atoms with E-state index in [4.69, 9.17) is 5.11 Å². The molecule has 0 spiro atoms. The first-order valence-corrected chi connectivity index (χ1v) is 5.67. The molecule has 2 rings (SSSR count). The number of benzene rings is 1. The van der Waals surface area contributed by atoms with Crippen LogP contribution >= 0.6 is 0 Å². The maximum absolute atomic E-state index is 10.9. The van der Waals surface area contributed by atoms with Gasteiger partial charge in [0.1, 0.15) is 5.69 Å². The summed E-state index contributed by atoms with van der Waals surface area (Å²) in [7, 11) is 0. The molecule has 104 valence electrons. The molecule has 0 radical (unpaired) electrons. The van der Waals surface area contributed by atoms with Gasteiger partial charge in [0.15, 0.2) is 0 Å². The van der Waals surface area contributed by atoms with Crippen LogP contribution in [0.2, 0.25) is 0 Å². The Kier molecular flexibility index (Phi) is 3.89. The number of carbonyl (C=O) groups is 1. The van der Waals surface area contributed by atoms with E-state index < -0.39 is 10.9 Å². The van der Waals surface area contributed by atoms with Crippen LogP contribution in [0.15, 0.2) is 30.6 Å². The van der Waals surface area contributed by atoms with Crippen LogP contribution in [0.1, 0.15) is 10.4 Å². The molecule has 2 aromatic rings. The summed E-state index contributed by atoms with van der Waals surface area (Å²) in [5.41, 5.74) is -0.0255. The van der Waals surface area contributed by atoms with E-state index in [-0.39, 0.29) is 16.9 Å². The molecule has 0 aliphatic carbocycles. The number of aromatic carboxylic acids is 1. The SMILES string of the molecule is O=C(O)c1ccc([N+](=O)[O-])c(NCCn2ccnn2)c1. The Morgan fingerprint density at radius 1 is 1.50 bits per heavy atom. The van der Waals surface area contributed by atoms with Crippen molar-refractivity contribution in [2.75, 3.05) is 11.9 Å². The highest BCUT2D eigenvalue weighted by Gasteiger charge is 2.16. The van der Waals surface area contributed by atoms with Crippen molar-refractivity contribution in [1.29, 1.82) is 0 Å². The average Bonchev–Trinajstić information content (AvgIpc) is 2.91. The van der Waals surface area contributed by atoms with E-state index in [0.29, 0.717) is 13.1 Å². The van der Waals surface area contributed by atoms with Crippen molar-refractivity contribution in [1.82, 2.24) is 15.0 Å². The molecule has 9 nitrogen and oxygen atoms in total. The zero-order valence-electron chi connectivity index (χ0n) is 10.3. The molecule has 0 bridgehead atoms. The molecule has 1 aromatic heterocycles. The molecular weight excluding hydrogens is 266 g/mol. The normalized spacial score (nSPS) is 10.2. The minimum Gasteiger partial charge on any atom is -0.478 e. The number of anilines is 1. The Hall–Kier alpha value is -2.97. The summed E-state index contributed by atoms with van der Waals surface area (Å²) in [6, 6.07) is 3.60. The quantitative estimate of drug-likeness (QED) is 0.596. The summed E-state index contributed by atoms with van der Waals surface area (Å²) in [6.45, 7) is 0.807. The lowest BCUT2D eigenvalue weighted by Crippen LogP contribution is -2.12. The van der Waals surface area contributed by atoms with Gasteiger partial charge in [-0.2, -0.15) is 0 Å². The minimum atomic E-state index is -1.14. The van der Waals surface area contributed by atoms with Crippen LogP contribution in [0, 0.1) is 10.1 Å². The second-order valence-electron chi connectivity index (χ2n) is 3.89. The zero-order valence-corrected chi connectivity index (χ0v) is 10.3. The number of carboxylic acid groups (broad SMARTS) is 1. The Balaban J connectivity index is 2.13. The fraction of sp³-hybridized carbons (Fsp3) is 0.182. The van der Waals surface area contributed by atoms with Gasteiger partial charge in [-0.3, -0.25) is 14.8 Å². The van der Waals surface area contributed by atoms with Crippen molar-refractivity contribution in [3.05, 3.63) is 46.3 Å². The number of hydrogen-bond donors (Lipinski definition) is 2. The monoisotopic (exact) mass is 277 g/mol. The molecule has 1 aromatic carbocycles. The third kappa shape index (κ3) is 3.07. The smallest absolute Gasteiger partial charge is 0.335 e. The molecule has 0 saturated heterocycles. The van der Waals surface area contributed by atoms with Crippen molar-refractivity contribution in [2.24, 2.45) is 0 Å². The molecule has 0 aliphatic rings. The van der Waals surface area contributed by atoms with Crippen LogP contribution in [0.3, 0.4) is 0 Å². The predicted molar refractivity (Wildman–Crippen MR) is 68.6 cm³/mol. The van der Waals surface area contributed by atoms with Gasteiger partial charge < -0.3 is 10.4 Å². The summed E-state index contributed by atoms with van der Waals surface area (Å²) < 4.78 is 1.56. The first kappa shape index (κ1) is 13.5. The van der Waals surface area contributed by atoms with E-state index in [1.807, 2.05) is 0 Å². The van der Waals surface area contributed by atoms with E-state index >= 15 is 0 Å². The van der Waals surface area contributed by atoms with Crippen LogP contribution in [0.25, 0.3) is 0 Å². The topological polar surface area (TPSA) is 123 Å². The summed E-state index contributed by atoms with van der Waals surface area (Å²) in [4.78, 5) is 21.2. The Morgan fingerprint density at radius 3 is 2.90 bits per heavy atom. The number of rotatable bonds is 6. The first-order chi connectivity index (χ1) is 9.58. The number of nitrogens with zero attached hydrogens (tertiary/aromatic N) is 4. The third-order valence-electron chi connectivity index (χ3n) is 2.57. The lowest BCUT2D eigenvalue weighted by Gasteiger charge is -2.07. The molecule has 0 fully saturated rings. The Morgan fingerprint density at radius 2 is 2.30 bits per heavy atom. The summed E-state index contributed by atoms with van der Waals surface area (Å²) in [5.74, 6) is -1.14. The molecule has 0 atom stereocenters. The molecule has 0 saturated carbocycles. The second kappa shape index (κ2) is 5.78. The second-order valence-corrected chi connectivity index (χ2v) is 3.89. The van der Waals surface area contributed by atoms with Gasteiger partial charge >= 0.3 is 5.97 Å². The molecule has 0 unspecified atom stereocenters. The van der Waals surface area contributed by atoms with E-state index in [1.165, 1.54) is 24.4 Å². The minimum absolute atomic E-state index is 0.0149. The molecule has 2 N–H and O–H groups in total. The summed E-state index contributed by atoms with van der Waals surface area (Å²) in [5, 5.41) is 30.0. The third-order valence-corrected chi connectivity index (χ3v) is 2.57. The van der Waals surface area contributed by atoms with Crippen LogP contribution in [-0.4, -0.2) is 37.5 Å². The van der Waals surface area contributed by atoms with Gasteiger partial charge in [-0.05, 0) is 12.1 Å².